The number of nitriles is 1. The van der Waals surface area contributed by atoms with Gasteiger partial charge < -0.3 is 10.1 Å². The lowest BCUT2D eigenvalue weighted by Crippen LogP contribution is -2.01. The number of ether oxygens (including phenoxy) is 1. The molecular formula is C14H9BrF2N2O. The highest BCUT2D eigenvalue weighted by atomic mass is 79.9. The molecule has 0 aliphatic rings. The van der Waals surface area contributed by atoms with Gasteiger partial charge >= 0.3 is 6.61 Å². The van der Waals surface area contributed by atoms with Crippen molar-refractivity contribution in [3.63, 3.8) is 0 Å². The summed E-state index contributed by atoms with van der Waals surface area (Å²) in [5.41, 5.74) is 1.94. The Hall–Kier alpha value is -2.13. The quantitative estimate of drug-likeness (QED) is 0.881. The molecule has 0 unspecified atom stereocenters. The van der Waals surface area contributed by atoms with Crippen LogP contribution in [0, 0.1) is 11.3 Å². The Balaban J connectivity index is 2.14. The molecule has 0 spiro atoms. The van der Waals surface area contributed by atoms with Crippen molar-refractivity contribution in [1.29, 1.82) is 5.26 Å². The second-order valence-corrected chi connectivity index (χ2v) is 4.78. The predicted molar refractivity (Wildman–Crippen MR) is 75.2 cm³/mol. The third-order valence-electron chi connectivity index (χ3n) is 2.40. The van der Waals surface area contributed by atoms with Gasteiger partial charge in [-0.25, -0.2) is 0 Å². The standard InChI is InChI=1S/C14H9BrF2N2O/c15-10-5-9(8-18)6-12(7-10)19-11-1-3-13(4-2-11)20-14(16)17/h1-7,14,19H. The molecular weight excluding hydrogens is 330 g/mol. The van der Waals surface area contributed by atoms with E-state index < -0.39 is 6.61 Å². The van der Waals surface area contributed by atoms with Crippen LogP contribution in [0.5, 0.6) is 5.75 Å². The van der Waals surface area contributed by atoms with Crippen LogP contribution in [0.4, 0.5) is 20.2 Å². The van der Waals surface area contributed by atoms with E-state index in [1.165, 1.54) is 12.1 Å². The van der Waals surface area contributed by atoms with Crippen molar-refractivity contribution in [3.05, 3.63) is 52.5 Å². The molecule has 0 aromatic heterocycles. The van der Waals surface area contributed by atoms with Crippen LogP contribution in [0.1, 0.15) is 5.56 Å². The third kappa shape index (κ3) is 3.93. The fourth-order valence-electron chi connectivity index (χ4n) is 1.61. The van der Waals surface area contributed by atoms with Gasteiger partial charge in [0, 0.05) is 15.8 Å². The smallest absolute Gasteiger partial charge is 0.387 e. The van der Waals surface area contributed by atoms with E-state index in [1.54, 1.807) is 24.3 Å². The van der Waals surface area contributed by atoms with Gasteiger partial charge in [0.15, 0.2) is 0 Å². The van der Waals surface area contributed by atoms with E-state index in [0.717, 1.165) is 10.2 Å². The van der Waals surface area contributed by atoms with Gasteiger partial charge in [-0.15, -0.1) is 0 Å². The van der Waals surface area contributed by atoms with Crippen molar-refractivity contribution in [1.82, 2.24) is 0 Å². The van der Waals surface area contributed by atoms with Crippen LogP contribution in [-0.2, 0) is 0 Å². The minimum atomic E-state index is -2.84. The molecule has 0 fully saturated rings. The van der Waals surface area contributed by atoms with Crippen LogP contribution in [0.2, 0.25) is 0 Å². The lowest BCUT2D eigenvalue weighted by atomic mass is 10.2. The lowest BCUT2D eigenvalue weighted by Gasteiger charge is -2.09. The van der Waals surface area contributed by atoms with Gasteiger partial charge in [-0.1, -0.05) is 15.9 Å². The summed E-state index contributed by atoms with van der Waals surface area (Å²) in [4.78, 5) is 0. The van der Waals surface area contributed by atoms with Gasteiger partial charge in [-0.3, -0.25) is 0 Å². The van der Waals surface area contributed by atoms with Crippen molar-refractivity contribution < 1.29 is 13.5 Å². The lowest BCUT2D eigenvalue weighted by molar-refractivity contribution is -0.0498. The van der Waals surface area contributed by atoms with E-state index in [9.17, 15) is 8.78 Å². The van der Waals surface area contributed by atoms with Crippen molar-refractivity contribution >= 4 is 27.3 Å². The van der Waals surface area contributed by atoms with Crippen LogP contribution >= 0.6 is 15.9 Å². The van der Waals surface area contributed by atoms with E-state index in [4.69, 9.17) is 5.26 Å². The summed E-state index contributed by atoms with van der Waals surface area (Å²) in [6.07, 6.45) is 0. The summed E-state index contributed by atoms with van der Waals surface area (Å²) in [7, 11) is 0. The molecule has 6 heteroatoms. The number of hydrogen-bond donors (Lipinski definition) is 1. The molecule has 2 aromatic rings. The first-order valence-electron chi connectivity index (χ1n) is 5.59. The summed E-state index contributed by atoms with van der Waals surface area (Å²) in [5.74, 6) is 0.0949. The molecule has 0 saturated carbocycles. The topological polar surface area (TPSA) is 45.0 Å². The normalized spacial score (nSPS) is 10.2. The first kappa shape index (κ1) is 14.3. The predicted octanol–water partition coefficient (Wildman–Crippen LogP) is 4.67. The highest BCUT2D eigenvalue weighted by molar-refractivity contribution is 9.10. The van der Waals surface area contributed by atoms with Crippen molar-refractivity contribution in [2.24, 2.45) is 0 Å². The van der Waals surface area contributed by atoms with Crippen LogP contribution in [0.15, 0.2) is 46.9 Å². The Morgan fingerprint density at radius 1 is 1.10 bits per heavy atom. The zero-order chi connectivity index (χ0) is 14.5. The summed E-state index contributed by atoms with van der Waals surface area (Å²) in [6.45, 7) is -2.84. The number of hydrogen-bond acceptors (Lipinski definition) is 3. The molecule has 0 aliphatic carbocycles. The van der Waals surface area contributed by atoms with E-state index in [2.05, 4.69) is 32.1 Å². The van der Waals surface area contributed by atoms with Gasteiger partial charge in [0.2, 0.25) is 0 Å². The molecule has 0 bridgehead atoms. The van der Waals surface area contributed by atoms with Crippen LogP contribution in [0.3, 0.4) is 0 Å². The molecule has 1 N–H and O–H groups in total. The summed E-state index contributed by atoms with van der Waals surface area (Å²) in [5, 5.41) is 12.0. The monoisotopic (exact) mass is 338 g/mol. The maximum absolute atomic E-state index is 12.0. The number of nitrogens with zero attached hydrogens (tertiary/aromatic N) is 1. The summed E-state index contributed by atoms with van der Waals surface area (Å²) >= 11 is 3.31. The zero-order valence-corrected chi connectivity index (χ0v) is 11.7. The fourth-order valence-corrected chi connectivity index (χ4v) is 2.11. The van der Waals surface area contributed by atoms with Crippen LogP contribution in [-0.4, -0.2) is 6.61 Å². The van der Waals surface area contributed by atoms with E-state index >= 15 is 0 Å². The first-order chi connectivity index (χ1) is 9.56. The average molecular weight is 339 g/mol. The van der Waals surface area contributed by atoms with Gasteiger partial charge in [-0.2, -0.15) is 14.0 Å². The molecule has 2 aromatic carbocycles. The van der Waals surface area contributed by atoms with E-state index in [1.807, 2.05) is 6.07 Å². The van der Waals surface area contributed by atoms with Crippen molar-refractivity contribution in [2.75, 3.05) is 5.32 Å². The summed E-state index contributed by atoms with van der Waals surface area (Å²) < 4.78 is 29.1. The minimum absolute atomic E-state index is 0.0949. The second-order valence-electron chi connectivity index (χ2n) is 3.87. The highest BCUT2D eigenvalue weighted by Gasteiger charge is 2.04. The van der Waals surface area contributed by atoms with Crippen molar-refractivity contribution in [2.45, 2.75) is 6.61 Å². The maximum atomic E-state index is 12.0. The summed E-state index contributed by atoms with van der Waals surface area (Å²) in [6, 6.07) is 13.4. The van der Waals surface area contributed by atoms with Gasteiger partial charge in [0.1, 0.15) is 5.75 Å². The highest BCUT2D eigenvalue weighted by Crippen LogP contribution is 2.24. The Morgan fingerprint density at radius 3 is 2.40 bits per heavy atom. The second kappa shape index (κ2) is 6.35. The molecule has 0 aliphatic heterocycles. The van der Waals surface area contributed by atoms with Crippen LogP contribution in [0.25, 0.3) is 0 Å². The van der Waals surface area contributed by atoms with E-state index in [0.29, 0.717) is 11.3 Å². The number of nitrogens with one attached hydrogen (secondary N) is 1. The number of rotatable bonds is 4. The van der Waals surface area contributed by atoms with Gasteiger partial charge in [-0.05, 0) is 42.5 Å². The fraction of sp³-hybridized carbons (Fsp3) is 0.0714. The minimum Gasteiger partial charge on any atom is -0.435 e. The Bertz CT molecular complexity index is 639. The zero-order valence-electron chi connectivity index (χ0n) is 10.1. The maximum Gasteiger partial charge on any atom is 0.387 e. The number of benzene rings is 2. The number of halogens is 3. The van der Waals surface area contributed by atoms with Gasteiger partial charge in [0.05, 0.1) is 11.6 Å². The molecule has 2 rings (SSSR count). The SMILES string of the molecule is N#Cc1cc(Br)cc(Nc2ccc(OC(F)F)cc2)c1. The van der Waals surface area contributed by atoms with Gasteiger partial charge in [0.25, 0.3) is 0 Å². The molecule has 3 nitrogen and oxygen atoms in total. The molecule has 102 valence electrons. The third-order valence-corrected chi connectivity index (χ3v) is 2.85. The average Bonchev–Trinajstić information content (AvgIpc) is 2.39. The molecule has 0 atom stereocenters. The van der Waals surface area contributed by atoms with Crippen LogP contribution < -0.4 is 10.1 Å². The molecule has 0 radical (unpaired) electrons. The molecule has 0 saturated heterocycles. The van der Waals surface area contributed by atoms with E-state index in [-0.39, 0.29) is 5.75 Å². The molecule has 0 heterocycles. The molecule has 0 amide bonds. The Labute approximate surface area is 122 Å². The largest absolute Gasteiger partial charge is 0.435 e. The molecule has 20 heavy (non-hydrogen) atoms. The Kier molecular flexibility index (Phi) is 4.53. The van der Waals surface area contributed by atoms with Crippen molar-refractivity contribution in [3.8, 4) is 11.8 Å². The number of anilines is 2. The number of alkyl halides is 2. The first-order valence-corrected chi connectivity index (χ1v) is 6.39. The Morgan fingerprint density at radius 2 is 1.80 bits per heavy atom.